The third kappa shape index (κ3) is 4.06. The fourth-order valence-corrected chi connectivity index (χ4v) is 3.76. The number of ether oxygens (including phenoxy) is 1. The number of aryl methyl sites for hydroxylation is 1. The fraction of sp³-hybridized carbons (Fsp3) is 0.550. The predicted molar refractivity (Wildman–Crippen MR) is 103 cm³/mol. The lowest BCUT2D eigenvalue weighted by Crippen LogP contribution is -2.47. The zero-order valence-corrected chi connectivity index (χ0v) is 15.5. The van der Waals surface area contributed by atoms with Gasteiger partial charge in [-0.3, -0.25) is 4.98 Å². The molecule has 2 fully saturated rings. The maximum atomic E-state index is 6.07. The van der Waals surface area contributed by atoms with Crippen LogP contribution in [0.25, 0.3) is 0 Å². The van der Waals surface area contributed by atoms with Gasteiger partial charge in [0.25, 0.3) is 0 Å². The van der Waals surface area contributed by atoms with E-state index in [2.05, 4.69) is 32.8 Å². The van der Waals surface area contributed by atoms with Crippen LogP contribution in [0.4, 0.5) is 11.6 Å². The number of pyridine rings is 1. The topological polar surface area (TPSA) is 54.4 Å². The van der Waals surface area contributed by atoms with Gasteiger partial charge in [-0.05, 0) is 50.3 Å². The van der Waals surface area contributed by atoms with Gasteiger partial charge in [0.2, 0.25) is 5.88 Å². The first kappa shape index (κ1) is 17.1. The molecule has 6 heteroatoms. The molecule has 1 aliphatic heterocycles. The van der Waals surface area contributed by atoms with Gasteiger partial charge >= 0.3 is 0 Å². The minimum atomic E-state index is 0.303. The SMILES string of the molecule is Cc1ccnc(N2CCN(c3cncc(OC4CCCCC4)n3)CC2)c1. The molecular formula is C20H27N5O. The first-order valence-corrected chi connectivity index (χ1v) is 9.69. The van der Waals surface area contributed by atoms with E-state index in [0.717, 1.165) is 50.7 Å². The average Bonchev–Trinajstić information content (AvgIpc) is 2.69. The molecule has 0 amide bonds. The third-order valence-corrected chi connectivity index (χ3v) is 5.27. The maximum Gasteiger partial charge on any atom is 0.234 e. The normalized spacial score (nSPS) is 18.8. The van der Waals surface area contributed by atoms with Crippen molar-refractivity contribution in [1.29, 1.82) is 0 Å². The molecule has 138 valence electrons. The van der Waals surface area contributed by atoms with Gasteiger partial charge in [0.05, 0.1) is 12.4 Å². The lowest BCUT2D eigenvalue weighted by molar-refractivity contribution is 0.148. The Kier molecular flexibility index (Phi) is 5.18. The first-order chi connectivity index (χ1) is 12.8. The van der Waals surface area contributed by atoms with Gasteiger partial charge in [0, 0.05) is 32.4 Å². The molecule has 6 nitrogen and oxygen atoms in total. The van der Waals surface area contributed by atoms with Crippen molar-refractivity contribution in [3.8, 4) is 5.88 Å². The lowest BCUT2D eigenvalue weighted by Gasteiger charge is -2.36. The smallest absolute Gasteiger partial charge is 0.234 e. The van der Waals surface area contributed by atoms with Crippen LogP contribution in [-0.2, 0) is 0 Å². The second-order valence-corrected chi connectivity index (χ2v) is 7.26. The second-order valence-electron chi connectivity index (χ2n) is 7.26. The summed E-state index contributed by atoms with van der Waals surface area (Å²) in [6.07, 6.45) is 11.9. The van der Waals surface area contributed by atoms with E-state index in [4.69, 9.17) is 9.72 Å². The second kappa shape index (κ2) is 7.89. The molecule has 1 saturated heterocycles. The molecule has 4 rings (SSSR count). The molecule has 0 spiro atoms. The molecule has 0 aromatic carbocycles. The highest BCUT2D eigenvalue weighted by Crippen LogP contribution is 2.24. The van der Waals surface area contributed by atoms with Crippen molar-refractivity contribution in [3.05, 3.63) is 36.3 Å². The van der Waals surface area contributed by atoms with Gasteiger partial charge in [-0.1, -0.05) is 6.42 Å². The maximum absolute atomic E-state index is 6.07. The number of aromatic nitrogens is 3. The van der Waals surface area contributed by atoms with Crippen molar-refractivity contribution in [2.75, 3.05) is 36.0 Å². The predicted octanol–water partition coefficient (Wildman–Crippen LogP) is 3.22. The van der Waals surface area contributed by atoms with Crippen LogP contribution in [-0.4, -0.2) is 47.2 Å². The summed E-state index contributed by atoms with van der Waals surface area (Å²) in [4.78, 5) is 18.2. The fourth-order valence-electron chi connectivity index (χ4n) is 3.76. The van der Waals surface area contributed by atoms with Gasteiger partial charge in [-0.25, -0.2) is 4.98 Å². The Hall–Kier alpha value is -2.37. The van der Waals surface area contributed by atoms with Crippen molar-refractivity contribution >= 4 is 11.6 Å². The summed E-state index contributed by atoms with van der Waals surface area (Å²) in [6, 6.07) is 4.18. The highest BCUT2D eigenvalue weighted by molar-refractivity contribution is 5.45. The highest BCUT2D eigenvalue weighted by Gasteiger charge is 2.21. The first-order valence-electron chi connectivity index (χ1n) is 9.69. The molecule has 0 N–H and O–H groups in total. The van der Waals surface area contributed by atoms with Crippen molar-refractivity contribution in [3.63, 3.8) is 0 Å². The van der Waals surface area contributed by atoms with Crippen molar-refractivity contribution in [2.45, 2.75) is 45.1 Å². The molecule has 0 unspecified atom stereocenters. The number of hydrogen-bond acceptors (Lipinski definition) is 6. The van der Waals surface area contributed by atoms with Gasteiger partial charge < -0.3 is 14.5 Å². The van der Waals surface area contributed by atoms with Crippen LogP contribution in [0.5, 0.6) is 5.88 Å². The average molecular weight is 353 g/mol. The summed E-state index contributed by atoms with van der Waals surface area (Å²) in [5, 5.41) is 0. The number of hydrogen-bond donors (Lipinski definition) is 0. The summed E-state index contributed by atoms with van der Waals surface area (Å²) in [5.74, 6) is 2.64. The molecule has 3 heterocycles. The Morgan fingerprint density at radius 2 is 1.69 bits per heavy atom. The molecule has 0 atom stereocenters. The molecule has 2 aromatic rings. The molecule has 26 heavy (non-hydrogen) atoms. The summed E-state index contributed by atoms with van der Waals surface area (Å²) < 4.78 is 6.07. The van der Waals surface area contributed by atoms with Crippen LogP contribution in [0.15, 0.2) is 30.7 Å². The summed E-state index contributed by atoms with van der Waals surface area (Å²) in [5.41, 5.74) is 1.25. The number of nitrogens with zero attached hydrogens (tertiary/aromatic N) is 5. The van der Waals surface area contributed by atoms with E-state index >= 15 is 0 Å². The van der Waals surface area contributed by atoms with Crippen LogP contribution >= 0.6 is 0 Å². The minimum Gasteiger partial charge on any atom is -0.473 e. The Morgan fingerprint density at radius 3 is 2.42 bits per heavy atom. The molecule has 2 aromatic heterocycles. The summed E-state index contributed by atoms with van der Waals surface area (Å²) >= 11 is 0. The molecular weight excluding hydrogens is 326 g/mol. The van der Waals surface area contributed by atoms with Gasteiger partial charge in [-0.15, -0.1) is 0 Å². The standard InChI is InChI=1S/C20H27N5O/c1-16-7-8-22-18(13-16)24-9-11-25(12-10-24)19-14-21-15-20(23-19)26-17-5-3-2-4-6-17/h7-8,13-15,17H,2-6,9-12H2,1H3. The molecule has 1 saturated carbocycles. The van der Waals surface area contributed by atoms with Crippen molar-refractivity contribution in [2.24, 2.45) is 0 Å². The largest absolute Gasteiger partial charge is 0.473 e. The Labute approximate surface area is 155 Å². The number of anilines is 2. The Morgan fingerprint density at radius 1 is 0.962 bits per heavy atom. The number of piperazine rings is 1. The summed E-state index contributed by atoms with van der Waals surface area (Å²) in [7, 11) is 0. The van der Waals surface area contributed by atoms with Gasteiger partial charge in [-0.2, -0.15) is 4.98 Å². The Balaban J connectivity index is 1.37. The van der Waals surface area contributed by atoms with E-state index in [-0.39, 0.29) is 0 Å². The quantitative estimate of drug-likeness (QED) is 0.841. The highest BCUT2D eigenvalue weighted by atomic mass is 16.5. The Bertz CT molecular complexity index is 724. The van der Waals surface area contributed by atoms with E-state index in [1.165, 1.54) is 24.8 Å². The molecule has 1 aliphatic carbocycles. The lowest BCUT2D eigenvalue weighted by atomic mass is 9.98. The van der Waals surface area contributed by atoms with Crippen LogP contribution in [0, 0.1) is 6.92 Å². The molecule has 2 aliphatic rings. The molecule has 0 radical (unpaired) electrons. The van der Waals surface area contributed by atoms with Gasteiger partial charge in [0.15, 0.2) is 5.82 Å². The molecule has 0 bridgehead atoms. The zero-order chi connectivity index (χ0) is 17.8. The van der Waals surface area contributed by atoms with Crippen molar-refractivity contribution < 1.29 is 4.74 Å². The van der Waals surface area contributed by atoms with Crippen LogP contribution < -0.4 is 14.5 Å². The number of rotatable bonds is 4. The van der Waals surface area contributed by atoms with Crippen LogP contribution in [0.1, 0.15) is 37.7 Å². The van der Waals surface area contributed by atoms with E-state index in [0.29, 0.717) is 12.0 Å². The minimum absolute atomic E-state index is 0.303. The van der Waals surface area contributed by atoms with E-state index < -0.39 is 0 Å². The van der Waals surface area contributed by atoms with E-state index in [9.17, 15) is 0 Å². The van der Waals surface area contributed by atoms with Crippen molar-refractivity contribution in [1.82, 2.24) is 15.0 Å². The monoisotopic (exact) mass is 353 g/mol. The van der Waals surface area contributed by atoms with E-state index in [1.54, 1.807) is 6.20 Å². The van der Waals surface area contributed by atoms with Crippen LogP contribution in [0.3, 0.4) is 0 Å². The van der Waals surface area contributed by atoms with E-state index in [1.807, 2.05) is 18.5 Å². The zero-order valence-electron chi connectivity index (χ0n) is 15.5. The third-order valence-electron chi connectivity index (χ3n) is 5.27. The summed E-state index contributed by atoms with van der Waals surface area (Å²) in [6.45, 7) is 5.81. The van der Waals surface area contributed by atoms with Crippen LogP contribution in [0.2, 0.25) is 0 Å². The van der Waals surface area contributed by atoms with Gasteiger partial charge in [0.1, 0.15) is 11.9 Å².